The number of nitro groups is 1. The van der Waals surface area contributed by atoms with Crippen LogP contribution < -0.4 is 4.74 Å². The van der Waals surface area contributed by atoms with Gasteiger partial charge in [0.25, 0.3) is 5.69 Å². The molecule has 1 aromatic carbocycles. The minimum atomic E-state index is -0.568. The highest BCUT2D eigenvalue weighted by molar-refractivity contribution is 5.81. The second kappa shape index (κ2) is 7.00. The third-order valence-corrected chi connectivity index (χ3v) is 3.45. The molecule has 1 heterocycles. The first-order valence-electron chi connectivity index (χ1n) is 6.79. The Morgan fingerprint density at radius 2 is 2.05 bits per heavy atom. The summed E-state index contributed by atoms with van der Waals surface area (Å²) < 4.78 is 5.54. The number of hydrogen-bond donors (Lipinski definition) is 0. The Labute approximate surface area is 117 Å². The number of carbonyl (C=O) groups excluding carboxylic acids is 1. The van der Waals surface area contributed by atoms with E-state index in [4.69, 9.17) is 4.74 Å². The van der Waals surface area contributed by atoms with Gasteiger partial charge < -0.3 is 4.74 Å². The summed E-state index contributed by atoms with van der Waals surface area (Å²) in [6.07, 6.45) is 4.21. The van der Waals surface area contributed by atoms with E-state index in [1.54, 1.807) is 6.07 Å². The van der Waals surface area contributed by atoms with Crippen molar-refractivity contribution in [1.82, 2.24) is 4.90 Å². The second-order valence-electron chi connectivity index (χ2n) is 4.85. The van der Waals surface area contributed by atoms with E-state index in [2.05, 4.69) is 4.90 Å². The van der Waals surface area contributed by atoms with E-state index in [0.29, 0.717) is 18.6 Å². The molecule has 0 aromatic heterocycles. The fourth-order valence-corrected chi connectivity index (χ4v) is 2.35. The van der Waals surface area contributed by atoms with Gasteiger partial charge in [0.05, 0.1) is 16.6 Å². The molecule has 1 aliphatic rings. The number of rotatable bonds is 6. The van der Waals surface area contributed by atoms with E-state index < -0.39 is 4.92 Å². The third-order valence-electron chi connectivity index (χ3n) is 3.45. The summed E-state index contributed by atoms with van der Waals surface area (Å²) in [7, 11) is 0. The van der Waals surface area contributed by atoms with E-state index in [1.807, 2.05) is 0 Å². The molecular formula is C14H18N2O4. The molecule has 1 saturated heterocycles. The molecule has 0 N–H and O–H groups in total. The Morgan fingerprint density at radius 1 is 1.30 bits per heavy atom. The number of piperidine rings is 1. The van der Waals surface area contributed by atoms with Crippen molar-refractivity contribution in [1.29, 1.82) is 0 Å². The van der Waals surface area contributed by atoms with Gasteiger partial charge in [-0.25, -0.2) is 0 Å². The Balaban J connectivity index is 1.90. The van der Waals surface area contributed by atoms with Crippen LogP contribution in [-0.2, 0) is 0 Å². The Bertz CT molecular complexity index is 484. The van der Waals surface area contributed by atoms with Gasteiger partial charge in [0.2, 0.25) is 0 Å². The van der Waals surface area contributed by atoms with Crippen LogP contribution in [0, 0.1) is 10.1 Å². The zero-order chi connectivity index (χ0) is 14.4. The molecule has 0 aliphatic carbocycles. The predicted octanol–water partition coefficient (Wildman–Crippen LogP) is 2.27. The van der Waals surface area contributed by atoms with Crippen LogP contribution in [0.4, 0.5) is 5.69 Å². The molecule has 6 nitrogen and oxygen atoms in total. The first-order chi connectivity index (χ1) is 9.70. The molecule has 0 atom stereocenters. The van der Waals surface area contributed by atoms with Crippen molar-refractivity contribution in [3.05, 3.63) is 33.9 Å². The van der Waals surface area contributed by atoms with Crippen molar-refractivity contribution in [3.8, 4) is 5.75 Å². The molecule has 0 bridgehead atoms. The molecule has 2 rings (SSSR count). The van der Waals surface area contributed by atoms with E-state index >= 15 is 0 Å². The summed E-state index contributed by atoms with van der Waals surface area (Å²) in [5.41, 5.74) is -0.145. The highest BCUT2D eigenvalue weighted by Crippen LogP contribution is 2.23. The number of benzene rings is 1. The summed E-state index contributed by atoms with van der Waals surface area (Å²) in [6, 6.07) is 4.31. The summed E-state index contributed by atoms with van der Waals surface area (Å²) in [4.78, 5) is 23.3. The molecular weight excluding hydrogens is 260 g/mol. The van der Waals surface area contributed by atoms with E-state index in [-0.39, 0.29) is 11.3 Å². The minimum absolute atomic E-state index is 0.0679. The first-order valence-corrected chi connectivity index (χ1v) is 6.79. The quantitative estimate of drug-likeness (QED) is 0.453. The number of hydrogen-bond acceptors (Lipinski definition) is 5. The topological polar surface area (TPSA) is 72.7 Å². The Morgan fingerprint density at radius 3 is 2.70 bits per heavy atom. The monoisotopic (exact) mass is 278 g/mol. The maximum Gasteiger partial charge on any atom is 0.283 e. The lowest BCUT2D eigenvalue weighted by Crippen LogP contribution is -2.33. The maximum absolute atomic E-state index is 10.8. The molecule has 108 valence electrons. The molecule has 0 amide bonds. The highest BCUT2D eigenvalue weighted by atomic mass is 16.6. The van der Waals surface area contributed by atoms with Gasteiger partial charge in [-0.05, 0) is 38.1 Å². The van der Waals surface area contributed by atoms with Crippen LogP contribution in [0.25, 0.3) is 0 Å². The van der Waals surface area contributed by atoms with Crippen LogP contribution in [0.3, 0.4) is 0 Å². The summed E-state index contributed by atoms with van der Waals surface area (Å²) in [5.74, 6) is 0.430. The molecule has 20 heavy (non-hydrogen) atoms. The van der Waals surface area contributed by atoms with Crippen LogP contribution in [0.5, 0.6) is 5.75 Å². The molecule has 0 saturated carbocycles. The number of aldehydes is 1. The van der Waals surface area contributed by atoms with Crippen molar-refractivity contribution < 1.29 is 14.5 Å². The van der Waals surface area contributed by atoms with Crippen LogP contribution >= 0.6 is 0 Å². The lowest BCUT2D eigenvalue weighted by atomic mass is 10.1. The summed E-state index contributed by atoms with van der Waals surface area (Å²) >= 11 is 0. The first kappa shape index (κ1) is 14.5. The van der Waals surface area contributed by atoms with Crippen molar-refractivity contribution in [2.24, 2.45) is 0 Å². The predicted molar refractivity (Wildman–Crippen MR) is 74.3 cm³/mol. The Kier molecular flexibility index (Phi) is 5.06. The highest BCUT2D eigenvalue weighted by Gasteiger charge is 2.15. The van der Waals surface area contributed by atoms with Gasteiger partial charge in [-0.1, -0.05) is 6.42 Å². The molecule has 0 unspecified atom stereocenters. The molecule has 0 radical (unpaired) electrons. The zero-order valence-electron chi connectivity index (χ0n) is 11.3. The van der Waals surface area contributed by atoms with Crippen molar-refractivity contribution in [2.45, 2.75) is 19.3 Å². The smallest absolute Gasteiger partial charge is 0.283 e. The summed E-state index contributed by atoms with van der Waals surface area (Å²) in [5, 5.41) is 10.8. The van der Waals surface area contributed by atoms with Gasteiger partial charge in [0.1, 0.15) is 12.4 Å². The van der Waals surface area contributed by atoms with Gasteiger partial charge >= 0.3 is 0 Å². The van der Waals surface area contributed by atoms with E-state index in [1.165, 1.54) is 31.4 Å². The number of carbonyl (C=O) groups is 1. The maximum atomic E-state index is 10.8. The third kappa shape index (κ3) is 3.77. The SMILES string of the molecule is O=Cc1ccc(OCCN2CCCCC2)cc1[N+](=O)[O-]. The molecule has 0 spiro atoms. The molecule has 1 aromatic rings. The molecule has 1 aliphatic heterocycles. The second-order valence-corrected chi connectivity index (χ2v) is 4.85. The number of likely N-dealkylation sites (tertiary alicyclic amines) is 1. The molecule has 6 heteroatoms. The number of ether oxygens (including phenoxy) is 1. The zero-order valence-corrected chi connectivity index (χ0v) is 11.3. The lowest BCUT2D eigenvalue weighted by Gasteiger charge is -2.26. The van der Waals surface area contributed by atoms with Gasteiger partial charge in [-0.15, -0.1) is 0 Å². The van der Waals surface area contributed by atoms with Gasteiger partial charge in [0.15, 0.2) is 6.29 Å². The minimum Gasteiger partial charge on any atom is -0.492 e. The standard InChI is InChI=1S/C14H18N2O4/c17-11-12-4-5-13(10-14(12)16(18)19)20-9-8-15-6-2-1-3-7-15/h4-5,10-11H,1-3,6-9H2. The van der Waals surface area contributed by atoms with Crippen molar-refractivity contribution >= 4 is 12.0 Å². The van der Waals surface area contributed by atoms with Crippen LogP contribution in [0.2, 0.25) is 0 Å². The van der Waals surface area contributed by atoms with E-state index in [9.17, 15) is 14.9 Å². The van der Waals surface area contributed by atoms with Crippen LogP contribution in [0.15, 0.2) is 18.2 Å². The van der Waals surface area contributed by atoms with E-state index in [0.717, 1.165) is 19.6 Å². The number of nitrogens with zero attached hydrogens (tertiary/aromatic N) is 2. The fourth-order valence-electron chi connectivity index (χ4n) is 2.35. The largest absolute Gasteiger partial charge is 0.492 e. The average molecular weight is 278 g/mol. The van der Waals surface area contributed by atoms with Crippen LogP contribution in [0.1, 0.15) is 29.6 Å². The van der Waals surface area contributed by atoms with Crippen molar-refractivity contribution in [2.75, 3.05) is 26.2 Å². The fraction of sp³-hybridized carbons (Fsp3) is 0.500. The Hall–Kier alpha value is -1.95. The summed E-state index contributed by atoms with van der Waals surface area (Å²) in [6.45, 7) is 3.50. The average Bonchev–Trinajstić information content (AvgIpc) is 2.48. The van der Waals surface area contributed by atoms with Gasteiger partial charge in [-0.2, -0.15) is 0 Å². The van der Waals surface area contributed by atoms with Gasteiger partial charge in [0, 0.05) is 6.54 Å². The molecule has 1 fully saturated rings. The van der Waals surface area contributed by atoms with Crippen LogP contribution in [-0.4, -0.2) is 42.4 Å². The lowest BCUT2D eigenvalue weighted by molar-refractivity contribution is -0.385. The number of nitro benzene ring substituents is 1. The van der Waals surface area contributed by atoms with Crippen molar-refractivity contribution in [3.63, 3.8) is 0 Å². The van der Waals surface area contributed by atoms with Gasteiger partial charge in [-0.3, -0.25) is 19.8 Å². The normalized spacial score (nSPS) is 15.8.